The van der Waals surface area contributed by atoms with E-state index in [2.05, 4.69) is 49.2 Å². The molecule has 0 aliphatic heterocycles. The Morgan fingerprint density at radius 2 is 1.92 bits per heavy atom. The number of benzene rings is 1. The number of pyridine rings is 1. The summed E-state index contributed by atoms with van der Waals surface area (Å²) in [6.45, 7) is 4.42. The molecule has 3 aromatic rings. The van der Waals surface area contributed by atoms with Crippen molar-refractivity contribution >= 4 is 5.82 Å². The third-order valence-corrected chi connectivity index (χ3v) is 4.27. The number of rotatable bonds is 4. The fraction of sp³-hybridized carbons (Fsp3) is 0.238. The minimum Gasteiger partial charge on any atom is -0.383 e. The maximum absolute atomic E-state index is 9.49. The third kappa shape index (κ3) is 3.41. The van der Waals surface area contributed by atoms with Crippen LogP contribution in [0.1, 0.15) is 25.0 Å². The number of nitrogens with two attached hydrogens (primary N) is 1. The van der Waals surface area contributed by atoms with Crippen LogP contribution in [0.5, 0.6) is 0 Å². The zero-order chi connectivity index (χ0) is 18.0. The van der Waals surface area contributed by atoms with Gasteiger partial charge in [0.25, 0.3) is 0 Å². The van der Waals surface area contributed by atoms with Crippen LogP contribution < -0.4 is 5.73 Å². The van der Waals surface area contributed by atoms with Gasteiger partial charge in [-0.25, -0.2) is 4.98 Å². The van der Waals surface area contributed by atoms with Gasteiger partial charge in [-0.3, -0.25) is 0 Å². The first-order chi connectivity index (χ1) is 12.0. The van der Waals surface area contributed by atoms with Gasteiger partial charge in [-0.05, 0) is 36.1 Å². The largest absolute Gasteiger partial charge is 0.383 e. The molecule has 25 heavy (non-hydrogen) atoms. The van der Waals surface area contributed by atoms with Gasteiger partial charge in [0.05, 0.1) is 5.69 Å². The second kappa shape index (κ2) is 6.82. The van der Waals surface area contributed by atoms with E-state index in [1.807, 2.05) is 36.0 Å². The highest BCUT2D eigenvalue weighted by molar-refractivity contribution is 5.78. The molecule has 0 aliphatic rings. The van der Waals surface area contributed by atoms with Gasteiger partial charge in [-0.1, -0.05) is 38.1 Å². The molecule has 4 heteroatoms. The van der Waals surface area contributed by atoms with Crippen molar-refractivity contribution in [2.45, 2.75) is 20.3 Å². The number of nitriles is 1. The van der Waals surface area contributed by atoms with Crippen molar-refractivity contribution in [1.29, 1.82) is 5.26 Å². The normalized spacial score (nSPS) is 10.8. The fourth-order valence-corrected chi connectivity index (χ4v) is 3.06. The highest BCUT2D eigenvalue weighted by Crippen LogP contribution is 2.31. The Balaban J connectivity index is 2.08. The Bertz CT molecular complexity index is 928. The van der Waals surface area contributed by atoms with Gasteiger partial charge in [-0.2, -0.15) is 5.26 Å². The van der Waals surface area contributed by atoms with Gasteiger partial charge in [0.15, 0.2) is 0 Å². The standard InChI is InChI=1S/C21H22N4/c1-14(2)11-15-6-8-16(9-7-15)19-12-17(18(13-22)21(23)24-19)20-5-4-10-25(20)3/h4-10,12,14H,11H2,1-3H3,(H2,23,24). The number of aryl methyl sites for hydroxylation is 1. The van der Waals surface area contributed by atoms with Crippen LogP contribution in [-0.2, 0) is 13.5 Å². The fourth-order valence-electron chi connectivity index (χ4n) is 3.06. The molecule has 2 aromatic heterocycles. The molecular formula is C21H22N4. The van der Waals surface area contributed by atoms with Crippen molar-refractivity contribution in [3.05, 3.63) is 59.8 Å². The van der Waals surface area contributed by atoms with Gasteiger partial charge in [0.1, 0.15) is 17.5 Å². The molecule has 0 radical (unpaired) electrons. The molecule has 0 atom stereocenters. The van der Waals surface area contributed by atoms with E-state index in [1.54, 1.807) is 0 Å². The molecule has 0 fully saturated rings. The zero-order valence-corrected chi connectivity index (χ0v) is 14.8. The molecular weight excluding hydrogens is 308 g/mol. The monoisotopic (exact) mass is 330 g/mol. The quantitative estimate of drug-likeness (QED) is 0.770. The van der Waals surface area contributed by atoms with Crippen LogP contribution in [0.2, 0.25) is 0 Å². The maximum atomic E-state index is 9.49. The smallest absolute Gasteiger partial charge is 0.142 e. The zero-order valence-electron chi connectivity index (χ0n) is 14.8. The van der Waals surface area contributed by atoms with E-state index in [0.29, 0.717) is 11.5 Å². The van der Waals surface area contributed by atoms with Crippen LogP contribution in [-0.4, -0.2) is 9.55 Å². The van der Waals surface area contributed by atoms with E-state index >= 15 is 0 Å². The van der Waals surface area contributed by atoms with Crippen molar-refractivity contribution in [1.82, 2.24) is 9.55 Å². The highest BCUT2D eigenvalue weighted by Gasteiger charge is 2.15. The summed E-state index contributed by atoms with van der Waals surface area (Å²) in [4.78, 5) is 4.45. The summed E-state index contributed by atoms with van der Waals surface area (Å²) in [6, 6.07) is 16.5. The Morgan fingerprint density at radius 1 is 1.20 bits per heavy atom. The van der Waals surface area contributed by atoms with Crippen molar-refractivity contribution < 1.29 is 0 Å². The maximum Gasteiger partial charge on any atom is 0.142 e. The van der Waals surface area contributed by atoms with Gasteiger partial charge in [-0.15, -0.1) is 0 Å². The molecule has 0 spiro atoms. The first-order valence-corrected chi connectivity index (χ1v) is 8.41. The van der Waals surface area contributed by atoms with Crippen LogP contribution in [0.25, 0.3) is 22.5 Å². The summed E-state index contributed by atoms with van der Waals surface area (Å²) in [5, 5.41) is 9.49. The van der Waals surface area contributed by atoms with E-state index in [9.17, 15) is 5.26 Å². The van der Waals surface area contributed by atoms with E-state index in [4.69, 9.17) is 5.73 Å². The Morgan fingerprint density at radius 3 is 2.48 bits per heavy atom. The molecule has 0 unspecified atom stereocenters. The summed E-state index contributed by atoms with van der Waals surface area (Å²) in [7, 11) is 1.95. The van der Waals surface area contributed by atoms with Crippen LogP contribution in [0, 0.1) is 17.2 Å². The molecule has 126 valence electrons. The van der Waals surface area contributed by atoms with Crippen LogP contribution >= 0.6 is 0 Å². The first kappa shape index (κ1) is 16.8. The van der Waals surface area contributed by atoms with E-state index in [1.165, 1.54) is 5.56 Å². The number of nitrogen functional groups attached to an aromatic ring is 1. The summed E-state index contributed by atoms with van der Waals surface area (Å²) >= 11 is 0. The van der Waals surface area contributed by atoms with Crippen LogP contribution in [0.15, 0.2) is 48.7 Å². The minimum atomic E-state index is 0.266. The summed E-state index contributed by atoms with van der Waals surface area (Å²) < 4.78 is 1.98. The van der Waals surface area contributed by atoms with E-state index in [-0.39, 0.29) is 5.82 Å². The SMILES string of the molecule is CC(C)Cc1ccc(-c2cc(-c3cccn3C)c(C#N)c(N)n2)cc1. The van der Waals surface area contributed by atoms with Gasteiger partial charge < -0.3 is 10.3 Å². The molecule has 0 bridgehead atoms. The van der Waals surface area contributed by atoms with E-state index < -0.39 is 0 Å². The molecule has 0 amide bonds. The number of aromatic nitrogens is 2. The first-order valence-electron chi connectivity index (χ1n) is 8.41. The van der Waals surface area contributed by atoms with Crippen molar-refractivity contribution in [2.24, 2.45) is 13.0 Å². The second-order valence-electron chi connectivity index (χ2n) is 6.73. The molecule has 2 N–H and O–H groups in total. The summed E-state index contributed by atoms with van der Waals surface area (Å²) in [5.74, 6) is 0.890. The molecule has 3 rings (SSSR count). The third-order valence-electron chi connectivity index (χ3n) is 4.27. The molecule has 0 aliphatic carbocycles. The Kier molecular flexibility index (Phi) is 4.58. The molecule has 1 aromatic carbocycles. The summed E-state index contributed by atoms with van der Waals surface area (Å²) in [5.41, 5.74) is 11.3. The Hall–Kier alpha value is -3.06. The lowest BCUT2D eigenvalue weighted by molar-refractivity contribution is 0.647. The van der Waals surface area contributed by atoms with Crippen molar-refractivity contribution in [3.63, 3.8) is 0 Å². The van der Waals surface area contributed by atoms with Gasteiger partial charge in [0, 0.05) is 30.1 Å². The van der Waals surface area contributed by atoms with Crippen LogP contribution in [0.4, 0.5) is 5.82 Å². The predicted molar refractivity (Wildman–Crippen MR) is 102 cm³/mol. The van der Waals surface area contributed by atoms with Gasteiger partial charge >= 0.3 is 0 Å². The van der Waals surface area contributed by atoms with Crippen LogP contribution in [0.3, 0.4) is 0 Å². The lowest BCUT2D eigenvalue weighted by Crippen LogP contribution is -2.01. The van der Waals surface area contributed by atoms with Crippen molar-refractivity contribution in [3.8, 4) is 28.6 Å². The molecule has 4 nitrogen and oxygen atoms in total. The lowest BCUT2D eigenvalue weighted by Gasteiger charge is -2.11. The average molecular weight is 330 g/mol. The number of nitrogens with zero attached hydrogens (tertiary/aromatic N) is 3. The number of anilines is 1. The minimum absolute atomic E-state index is 0.266. The van der Waals surface area contributed by atoms with Gasteiger partial charge in [0.2, 0.25) is 0 Å². The molecule has 2 heterocycles. The Labute approximate surface area is 148 Å². The number of hydrogen-bond acceptors (Lipinski definition) is 3. The lowest BCUT2D eigenvalue weighted by atomic mass is 9.99. The summed E-state index contributed by atoms with van der Waals surface area (Å²) in [6.07, 6.45) is 3.01. The molecule has 0 saturated carbocycles. The molecule has 0 saturated heterocycles. The topological polar surface area (TPSA) is 67.6 Å². The number of hydrogen-bond donors (Lipinski definition) is 1. The highest BCUT2D eigenvalue weighted by atomic mass is 14.9. The second-order valence-corrected chi connectivity index (χ2v) is 6.73. The predicted octanol–water partition coefficient (Wildman–Crippen LogP) is 4.41. The van der Waals surface area contributed by atoms with E-state index in [0.717, 1.165) is 28.9 Å². The van der Waals surface area contributed by atoms with Crippen molar-refractivity contribution in [2.75, 3.05) is 5.73 Å². The average Bonchev–Trinajstić information content (AvgIpc) is 3.00.